The third kappa shape index (κ3) is 3.92. The largest absolute Gasteiger partial charge is 0.299 e. The van der Waals surface area contributed by atoms with Crippen molar-refractivity contribution in [1.29, 1.82) is 0 Å². The Bertz CT molecular complexity index is 210. The van der Waals surface area contributed by atoms with Gasteiger partial charge in [0.2, 0.25) is 0 Å². The molecule has 0 N–H and O–H groups in total. The molecule has 0 amide bonds. The first-order valence-corrected chi connectivity index (χ1v) is 6.76. The van der Waals surface area contributed by atoms with Gasteiger partial charge in [-0.3, -0.25) is 9.11 Å². The van der Waals surface area contributed by atoms with Crippen molar-refractivity contribution in [2.24, 2.45) is 0 Å². The maximum Gasteiger partial charge on any atom is 0.0293 e. The maximum atomic E-state index is 11.1. The average Bonchev–Trinajstić information content (AvgIpc) is 2.04. The van der Waals surface area contributed by atoms with Gasteiger partial charge in [-0.05, 0) is 19.9 Å². The van der Waals surface area contributed by atoms with E-state index in [1.54, 1.807) is 0 Å². The standard InChI is InChI=1S/C9H16BrNOS/c1-8(10)7-11(2)9-3-5-13(12)6-4-9/h9H,1,3-7H2,2H3. The fourth-order valence-corrected chi connectivity index (χ4v) is 3.29. The Hall–Kier alpha value is 0.330. The molecule has 76 valence electrons. The van der Waals surface area contributed by atoms with Gasteiger partial charge < -0.3 is 0 Å². The molecule has 1 aliphatic rings. The van der Waals surface area contributed by atoms with Crippen molar-refractivity contribution in [3.05, 3.63) is 11.1 Å². The summed E-state index contributed by atoms with van der Waals surface area (Å²) in [5, 5.41) is 0. The molecule has 0 unspecified atom stereocenters. The summed E-state index contributed by atoms with van der Waals surface area (Å²) >= 11 is 3.36. The Morgan fingerprint density at radius 2 is 2.15 bits per heavy atom. The van der Waals surface area contributed by atoms with Crippen LogP contribution in [0.1, 0.15) is 12.8 Å². The van der Waals surface area contributed by atoms with Gasteiger partial charge in [0.25, 0.3) is 0 Å². The number of likely N-dealkylation sites (N-methyl/N-ethyl adjacent to an activating group) is 1. The Kier molecular flexibility index (Phi) is 4.62. The fourth-order valence-electron chi connectivity index (χ4n) is 1.62. The van der Waals surface area contributed by atoms with Crippen molar-refractivity contribution in [3.8, 4) is 0 Å². The summed E-state index contributed by atoms with van der Waals surface area (Å²) in [7, 11) is 1.55. The summed E-state index contributed by atoms with van der Waals surface area (Å²) in [6, 6.07) is 0.590. The topological polar surface area (TPSA) is 20.3 Å². The van der Waals surface area contributed by atoms with Crippen molar-refractivity contribution >= 4 is 26.7 Å². The van der Waals surface area contributed by atoms with Crippen LogP contribution in [0.3, 0.4) is 0 Å². The highest BCUT2D eigenvalue weighted by molar-refractivity contribution is 9.11. The van der Waals surface area contributed by atoms with E-state index < -0.39 is 10.8 Å². The molecule has 13 heavy (non-hydrogen) atoms. The van der Waals surface area contributed by atoms with Crippen molar-refractivity contribution < 1.29 is 4.21 Å². The number of hydrogen-bond acceptors (Lipinski definition) is 2. The van der Waals surface area contributed by atoms with Crippen LogP contribution < -0.4 is 0 Å². The first kappa shape index (κ1) is 11.4. The summed E-state index contributed by atoms with van der Waals surface area (Å²) in [5.41, 5.74) is 0. The van der Waals surface area contributed by atoms with Gasteiger partial charge >= 0.3 is 0 Å². The lowest BCUT2D eigenvalue weighted by Crippen LogP contribution is -2.37. The van der Waals surface area contributed by atoms with E-state index in [1.807, 2.05) is 0 Å². The summed E-state index contributed by atoms with van der Waals surface area (Å²) in [5.74, 6) is 1.73. The quantitative estimate of drug-likeness (QED) is 0.775. The molecule has 1 rings (SSSR count). The van der Waals surface area contributed by atoms with Gasteiger partial charge in [0.15, 0.2) is 0 Å². The summed E-state index contributed by atoms with van der Waals surface area (Å²) < 4.78 is 12.1. The highest BCUT2D eigenvalue weighted by Gasteiger charge is 2.21. The molecule has 0 bridgehead atoms. The fraction of sp³-hybridized carbons (Fsp3) is 0.778. The first-order valence-electron chi connectivity index (χ1n) is 4.48. The summed E-state index contributed by atoms with van der Waals surface area (Å²) in [4.78, 5) is 2.29. The maximum absolute atomic E-state index is 11.1. The zero-order chi connectivity index (χ0) is 9.84. The van der Waals surface area contributed by atoms with Crippen LogP contribution in [0, 0.1) is 0 Å². The second-order valence-corrected chi connectivity index (χ2v) is 6.33. The Labute approximate surface area is 91.0 Å². The number of rotatable bonds is 3. The van der Waals surface area contributed by atoms with Gasteiger partial charge in [0.05, 0.1) is 0 Å². The molecule has 0 radical (unpaired) electrons. The average molecular weight is 266 g/mol. The lowest BCUT2D eigenvalue weighted by molar-refractivity contribution is 0.250. The van der Waals surface area contributed by atoms with Gasteiger partial charge in [-0.15, -0.1) is 0 Å². The molecule has 1 saturated heterocycles. The van der Waals surface area contributed by atoms with E-state index >= 15 is 0 Å². The molecule has 0 saturated carbocycles. The lowest BCUT2D eigenvalue weighted by Gasteiger charge is -2.30. The van der Waals surface area contributed by atoms with E-state index in [4.69, 9.17) is 0 Å². The van der Waals surface area contributed by atoms with Crippen molar-refractivity contribution in [3.63, 3.8) is 0 Å². The van der Waals surface area contributed by atoms with Crippen LogP contribution in [0.25, 0.3) is 0 Å². The minimum absolute atomic E-state index is 0.551. The second-order valence-electron chi connectivity index (χ2n) is 3.51. The molecule has 0 aromatic rings. The number of halogens is 1. The van der Waals surface area contributed by atoms with Crippen molar-refractivity contribution in [1.82, 2.24) is 4.90 Å². The Balaban J connectivity index is 2.35. The molecular formula is C9H16BrNOS. The predicted octanol–water partition coefficient (Wildman–Crippen LogP) is 1.74. The van der Waals surface area contributed by atoms with E-state index in [0.717, 1.165) is 35.4 Å². The molecule has 0 spiro atoms. The number of nitrogens with zero attached hydrogens (tertiary/aromatic N) is 1. The van der Waals surface area contributed by atoms with E-state index in [-0.39, 0.29) is 0 Å². The smallest absolute Gasteiger partial charge is 0.0293 e. The van der Waals surface area contributed by atoms with Gasteiger partial charge in [-0.1, -0.05) is 22.5 Å². The molecule has 0 aliphatic carbocycles. The lowest BCUT2D eigenvalue weighted by atomic mass is 10.1. The highest BCUT2D eigenvalue weighted by atomic mass is 79.9. The van der Waals surface area contributed by atoms with Crippen LogP contribution in [-0.4, -0.2) is 40.2 Å². The van der Waals surface area contributed by atoms with Crippen molar-refractivity contribution in [2.75, 3.05) is 25.1 Å². The Morgan fingerprint density at radius 1 is 1.62 bits per heavy atom. The van der Waals surface area contributed by atoms with Crippen LogP contribution >= 0.6 is 15.9 Å². The van der Waals surface area contributed by atoms with Crippen LogP contribution in [0.4, 0.5) is 0 Å². The third-order valence-corrected chi connectivity index (χ3v) is 4.03. The van der Waals surface area contributed by atoms with Gasteiger partial charge in [-0.25, -0.2) is 0 Å². The van der Waals surface area contributed by atoms with Crippen LogP contribution in [-0.2, 0) is 10.8 Å². The van der Waals surface area contributed by atoms with E-state index in [2.05, 4.69) is 34.5 Å². The monoisotopic (exact) mass is 265 g/mol. The second kappa shape index (κ2) is 5.27. The van der Waals surface area contributed by atoms with E-state index in [9.17, 15) is 4.21 Å². The zero-order valence-electron chi connectivity index (χ0n) is 7.96. The molecular weight excluding hydrogens is 250 g/mol. The van der Waals surface area contributed by atoms with Crippen LogP contribution in [0.5, 0.6) is 0 Å². The van der Waals surface area contributed by atoms with Crippen molar-refractivity contribution in [2.45, 2.75) is 18.9 Å². The highest BCUT2D eigenvalue weighted by Crippen LogP contribution is 2.16. The zero-order valence-corrected chi connectivity index (χ0v) is 10.4. The van der Waals surface area contributed by atoms with Gasteiger partial charge in [-0.2, -0.15) is 0 Å². The SMILES string of the molecule is C=C(Br)CN(C)C1CCS(=O)CC1. The molecule has 0 aromatic carbocycles. The van der Waals surface area contributed by atoms with E-state index in [0.29, 0.717) is 6.04 Å². The molecule has 1 fully saturated rings. The minimum Gasteiger partial charge on any atom is -0.299 e. The summed E-state index contributed by atoms with van der Waals surface area (Å²) in [6.07, 6.45) is 2.12. The van der Waals surface area contributed by atoms with Crippen LogP contribution in [0.2, 0.25) is 0 Å². The normalized spacial score (nSPS) is 29.2. The minimum atomic E-state index is -0.551. The molecule has 1 heterocycles. The molecule has 0 atom stereocenters. The third-order valence-electron chi connectivity index (χ3n) is 2.40. The van der Waals surface area contributed by atoms with Gasteiger partial charge in [0.1, 0.15) is 0 Å². The molecule has 2 nitrogen and oxygen atoms in total. The molecule has 4 heteroatoms. The first-order chi connectivity index (χ1) is 6.09. The Morgan fingerprint density at radius 3 is 2.62 bits per heavy atom. The van der Waals surface area contributed by atoms with Gasteiger partial charge in [0, 0.05) is 39.4 Å². The van der Waals surface area contributed by atoms with Crippen LogP contribution in [0.15, 0.2) is 11.1 Å². The summed E-state index contributed by atoms with van der Waals surface area (Å²) in [6.45, 7) is 4.71. The molecule has 0 aromatic heterocycles. The predicted molar refractivity (Wildman–Crippen MR) is 61.6 cm³/mol. The number of hydrogen-bond donors (Lipinski definition) is 0. The molecule has 1 aliphatic heterocycles. The van der Waals surface area contributed by atoms with E-state index in [1.165, 1.54) is 0 Å².